The summed E-state index contributed by atoms with van der Waals surface area (Å²) in [4.78, 5) is 10.9. The van der Waals surface area contributed by atoms with Gasteiger partial charge in [0.1, 0.15) is 23.4 Å². The van der Waals surface area contributed by atoms with Crippen LogP contribution >= 0.6 is 0 Å². The molecule has 0 bridgehead atoms. The van der Waals surface area contributed by atoms with E-state index in [9.17, 15) is 9.18 Å². The molecule has 0 fully saturated rings. The molecular formula is C20H19FO4. The van der Waals surface area contributed by atoms with E-state index in [4.69, 9.17) is 14.6 Å². The van der Waals surface area contributed by atoms with Crippen LogP contribution < -0.4 is 9.47 Å². The van der Waals surface area contributed by atoms with Crippen molar-refractivity contribution in [3.8, 4) is 11.5 Å². The molecule has 0 aromatic heterocycles. The first-order chi connectivity index (χ1) is 12.0. The number of aliphatic carboxylic acids is 1. The van der Waals surface area contributed by atoms with Crippen molar-refractivity contribution >= 4 is 5.97 Å². The number of hydrogen-bond acceptors (Lipinski definition) is 3. The number of rotatable bonds is 4. The third-order valence-electron chi connectivity index (χ3n) is 5.08. The minimum absolute atomic E-state index is 0.0493. The Morgan fingerprint density at radius 3 is 3.00 bits per heavy atom. The monoisotopic (exact) mass is 342 g/mol. The van der Waals surface area contributed by atoms with E-state index in [2.05, 4.69) is 0 Å². The summed E-state index contributed by atoms with van der Waals surface area (Å²) in [5.41, 5.74) is 3.69. The van der Waals surface area contributed by atoms with Gasteiger partial charge in [-0.15, -0.1) is 0 Å². The van der Waals surface area contributed by atoms with E-state index in [1.807, 2.05) is 25.1 Å². The smallest absolute Gasteiger partial charge is 0.304 e. The summed E-state index contributed by atoms with van der Waals surface area (Å²) in [6.07, 6.45) is 1.31. The van der Waals surface area contributed by atoms with E-state index in [1.165, 1.54) is 6.07 Å². The van der Waals surface area contributed by atoms with Gasteiger partial charge in [-0.3, -0.25) is 4.79 Å². The molecule has 130 valence electrons. The summed E-state index contributed by atoms with van der Waals surface area (Å²) in [6, 6.07) is 8.76. The van der Waals surface area contributed by atoms with Gasteiger partial charge >= 0.3 is 5.97 Å². The number of benzene rings is 2. The first-order valence-electron chi connectivity index (χ1n) is 8.46. The zero-order valence-corrected chi connectivity index (χ0v) is 13.9. The molecule has 1 aliphatic carbocycles. The van der Waals surface area contributed by atoms with Crippen LogP contribution in [0.3, 0.4) is 0 Å². The van der Waals surface area contributed by atoms with Gasteiger partial charge in [-0.1, -0.05) is 12.1 Å². The maximum absolute atomic E-state index is 14.3. The molecule has 1 N–H and O–H groups in total. The highest BCUT2D eigenvalue weighted by atomic mass is 19.1. The minimum atomic E-state index is -0.838. The van der Waals surface area contributed by atoms with E-state index >= 15 is 0 Å². The predicted octanol–water partition coefficient (Wildman–Crippen LogP) is 4.15. The number of hydrogen-bond donors (Lipinski definition) is 1. The van der Waals surface area contributed by atoms with Gasteiger partial charge < -0.3 is 14.6 Å². The number of halogens is 1. The van der Waals surface area contributed by atoms with E-state index in [0.717, 1.165) is 29.5 Å². The van der Waals surface area contributed by atoms with Crippen LogP contribution in [0.5, 0.6) is 11.5 Å². The Labute approximate surface area is 145 Å². The molecule has 1 heterocycles. The van der Waals surface area contributed by atoms with Gasteiger partial charge in [-0.2, -0.15) is 0 Å². The fraction of sp³-hybridized carbons (Fsp3) is 0.350. The lowest BCUT2D eigenvalue weighted by Crippen LogP contribution is -2.07. The number of carboxylic acid groups (broad SMARTS) is 1. The third-order valence-corrected chi connectivity index (χ3v) is 5.08. The van der Waals surface area contributed by atoms with Crippen molar-refractivity contribution in [2.24, 2.45) is 0 Å². The summed E-state index contributed by atoms with van der Waals surface area (Å²) in [5.74, 6) is 0.0891. The Morgan fingerprint density at radius 1 is 1.36 bits per heavy atom. The van der Waals surface area contributed by atoms with Crippen LogP contribution in [-0.2, 0) is 11.2 Å². The molecule has 0 radical (unpaired) electrons. The van der Waals surface area contributed by atoms with Gasteiger partial charge in [-0.25, -0.2) is 4.39 Å². The van der Waals surface area contributed by atoms with Gasteiger partial charge in [0, 0.05) is 23.1 Å². The number of aryl methyl sites for hydroxylation is 1. The second-order valence-corrected chi connectivity index (χ2v) is 6.71. The maximum Gasteiger partial charge on any atom is 0.304 e. The lowest BCUT2D eigenvalue weighted by Gasteiger charge is -2.17. The molecule has 0 spiro atoms. The average Bonchev–Trinajstić information content (AvgIpc) is 3.16. The summed E-state index contributed by atoms with van der Waals surface area (Å²) in [7, 11) is 0. The molecule has 5 heteroatoms. The maximum atomic E-state index is 14.3. The zero-order chi connectivity index (χ0) is 17.6. The van der Waals surface area contributed by atoms with Crippen LogP contribution in [-0.4, -0.2) is 17.7 Å². The number of carboxylic acids is 1. The topological polar surface area (TPSA) is 55.8 Å². The van der Waals surface area contributed by atoms with Gasteiger partial charge in [0.25, 0.3) is 0 Å². The molecule has 0 saturated carbocycles. The Kier molecular flexibility index (Phi) is 3.86. The highest BCUT2D eigenvalue weighted by Gasteiger charge is 2.30. The molecule has 2 aromatic rings. The molecular weight excluding hydrogens is 323 g/mol. The number of fused-ring (bicyclic) bond motifs is 2. The molecule has 4 nitrogen and oxygen atoms in total. The zero-order valence-electron chi connectivity index (χ0n) is 13.9. The third kappa shape index (κ3) is 2.84. The lowest BCUT2D eigenvalue weighted by atomic mass is 9.98. The van der Waals surface area contributed by atoms with Crippen LogP contribution in [0.15, 0.2) is 30.3 Å². The van der Waals surface area contributed by atoms with E-state index in [1.54, 1.807) is 6.07 Å². The molecule has 2 aliphatic rings. The largest absolute Gasteiger partial charge is 0.492 e. The van der Waals surface area contributed by atoms with Crippen LogP contribution in [0.25, 0.3) is 0 Å². The van der Waals surface area contributed by atoms with Gasteiger partial charge in [-0.05, 0) is 43.0 Å². The van der Waals surface area contributed by atoms with Crippen molar-refractivity contribution in [3.05, 3.63) is 58.4 Å². The van der Waals surface area contributed by atoms with Crippen molar-refractivity contribution in [2.75, 3.05) is 6.61 Å². The van der Waals surface area contributed by atoms with Crippen molar-refractivity contribution < 1.29 is 23.8 Å². The van der Waals surface area contributed by atoms with Crippen molar-refractivity contribution in [3.63, 3.8) is 0 Å². The normalized spacial score (nSPS) is 20.7. The average molecular weight is 342 g/mol. The Balaban J connectivity index is 1.57. The molecule has 2 atom stereocenters. The summed E-state index contributed by atoms with van der Waals surface area (Å²) < 4.78 is 25.9. The van der Waals surface area contributed by atoms with Crippen LogP contribution in [0.4, 0.5) is 4.39 Å². The van der Waals surface area contributed by atoms with Gasteiger partial charge in [0.05, 0.1) is 13.0 Å². The predicted molar refractivity (Wildman–Crippen MR) is 89.8 cm³/mol. The summed E-state index contributed by atoms with van der Waals surface area (Å²) in [5, 5.41) is 8.97. The molecule has 0 amide bonds. The first-order valence-corrected chi connectivity index (χ1v) is 8.46. The van der Waals surface area contributed by atoms with Crippen molar-refractivity contribution in [1.29, 1.82) is 0 Å². The molecule has 4 rings (SSSR count). The second-order valence-electron chi connectivity index (χ2n) is 6.71. The van der Waals surface area contributed by atoms with Crippen LogP contribution in [0, 0.1) is 12.7 Å². The van der Waals surface area contributed by atoms with Crippen molar-refractivity contribution in [1.82, 2.24) is 0 Å². The highest BCUT2D eigenvalue weighted by Crippen LogP contribution is 2.42. The van der Waals surface area contributed by atoms with Crippen LogP contribution in [0.1, 0.15) is 47.1 Å². The van der Waals surface area contributed by atoms with Crippen LogP contribution in [0.2, 0.25) is 0 Å². The molecule has 0 saturated heterocycles. The SMILES string of the molecule is Cc1ccc(F)c2c1CC[C@H]2Oc1ccc2c(c1)OC[C@H]2CC(=O)O. The quantitative estimate of drug-likeness (QED) is 0.907. The Bertz CT molecular complexity index is 846. The molecule has 0 unspecified atom stereocenters. The standard InChI is InChI=1S/C20H19FO4/c1-11-2-6-16(21)20-14(11)5-7-17(20)25-13-3-4-15-12(8-19(22)23)10-24-18(15)9-13/h2-4,6,9,12,17H,5,7-8,10H2,1H3,(H,22,23)/t12-,17-/m1/s1. The molecule has 1 aliphatic heterocycles. The fourth-order valence-corrected chi connectivity index (χ4v) is 3.84. The Morgan fingerprint density at radius 2 is 2.20 bits per heavy atom. The number of ether oxygens (including phenoxy) is 2. The second kappa shape index (κ2) is 6.06. The lowest BCUT2D eigenvalue weighted by molar-refractivity contribution is -0.137. The molecule has 25 heavy (non-hydrogen) atoms. The number of carbonyl (C=O) groups is 1. The van der Waals surface area contributed by atoms with Gasteiger partial charge in [0.15, 0.2) is 0 Å². The summed E-state index contributed by atoms with van der Waals surface area (Å²) >= 11 is 0. The minimum Gasteiger partial charge on any atom is -0.492 e. The van der Waals surface area contributed by atoms with E-state index in [-0.39, 0.29) is 24.3 Å². The highest BCUT2D eigenvalue weighted by molar-refractivity contribution is 5.68. The first kappa shape index (κ1) is 15.9. The van der Waals surface area contributed by atoms with E-state index in [0.29, 0.717) is 23.7 Å². The van der Waals surface area contributed by atoms with Gasteiger partial charge in [0.2, 0.25) is 0 Å². The van der Waals surface area contributed by atoms with E-state index < -0.39 is 5.97 Å². The summed E-state index contributed by atoms with van der Waals surface area (Å²) in [6.45, 7) is 2.36. The fourth-order valence-electron chi connectivity index (χ4n) is 3.84. The Hall–Kier alpha value is -2.56. The molecule has 2 aromatic carbocycles. The van der Waals surface area contributed by atoms with Crippen molar-refractivity contribution in [2.45, 2.75) is 38.2 Å².